The van der Waals surface area contributed by atoms with E-state index in [-0.39, 0.29) is 5.69 Å². The summed E-state index contributed by atoms with van der Waals surface area (Å²) in [5.74, 6) is -1.19. The lowest BCUT2D eigenvalue weighted by molar-refractivity contribution is -0.124. The Bertz CT molecular complexity index is 676. The molecule has 4 amide bonds. The highest BCUT2D eigenvalue weighted by molar-refractivity contribution is 6.08. The van der Waals surface area contributed by atoms with E-state index in [1.807, 2.05) is 0 Å². The summed E-state index contributed by atoms with van der Waals surface area (Å²) < 4.78 is 18.5. The number of imide groups is 1. The first kappa shape index (κ1) is 13.3. The molecule has 0 aromatic heterocycles. The molecule has 1 heterocycles. The van der Waals surface area contributed by atoms with E-state index in [9.17, 15) is 18.8 Å². The lowest BCUT2D eigenvalue weighted by atomic mass is 9.92. The van der Waals surface area contributed by atoms with Gasteiger partial charge in [-0.2, -0.15) is 0 Å². The highest BCUT2D eigenvalue weighted by Crippen LogP contribution is 2.41. The highest BCUT2D eigenvalue weighted by atomic mass is 19.1. The average molecular weight is 293 g/mol. The Morgan fingerprint density at radius 2 is 2.19 bits per heavy atom. The van der Waals surface area contributed by atoms with Crippen molar-refractivity contribution in [2.24, 2.45) is 0 Å². The molecule has 7 nitrogen and oxygen atoms in total. The Morgan fingerprint density at radius 1 is 1.43 bits per heavy atom. The number of hydrogen-bond donors (Lipinski definition) is 3. The summed E-state index contributed by atoms with van der Waals surface area (Å²) in [5, 5.41) is 6.98. The molecular formula is C13H12FN3O4. The van der Waals surface area contributed by atoms with Crippen LogP contribution < -0.4 is 16.0 Å². The fourth-order valence-electron chi connectivity index (χ4n) is 2.79. The van der Waals surface area contributed by atoms with Gasteiger partial charge in [0, 0.05) is 0 Å². The van der Waals surface area contributed by atoms with Gasteiger partial charge >= 0.3 is 12.1 Å². The van der Waals surface area contributed by atoms with Crippen LogP contribution in [0.2, 0.25) is 0 Å². The molecule has 1 fully saturated rings. The molecule has 110 valence electrons. The van der Waals surface area contributed by atoms with E-state index >= 15 is 0 Å². The summed E-state index contributed by atoms with van der Waals surface area (Å²) in [6.07, 6.45) is 0.0497. The molecule has 1 unspecified atom stereocenters. The van der Waals surface area contributed by atoms with Crippen LogP contribution >= 0.6 is 0 Å². The molecule has 1 aliphatic carbocycles. The third kappa shape index (κ3) is 1.91. The van der Waals surface area contributed by atoms with Gasteiger partial charge in [0.1, 0.15) is 11.4 Å². The lowest BCUT2D eigenvalue weighted by Gasteiger charge is -2.21. The van der Waals surface area contributed by atoms with Crippen molar-refractivity contribution < 1.29 is 23.5 Å². The second-order valence-electron chi connectivity index (χ2n) is 4.92. The number of anilines is 1. The predicted molar refractivity (Wildman–Crippen MR) is 69.1 cm³/mol. The van der Waals surface area contributed by atoms with Crippen LogP contribution in [-0.4, -0.2) is 25.1 Å². The molecule has 1 saturated heterocycles. The molecular weight excluding hydrogens is 281 g/mol. The number of ether oxygens (including phenoxy) is 1. The Morgan fingerprint density at radius 3 is 2.81 bits per heavy atom. The summed E-state index contributed by atoms with van der Waals surface area (Å²) in [6.45, 7) is 0. The average Bonchev–Trinajstić information content (AvgIpc) is 2.92. The number of aryl methyl sites for hydroxylation is 1. The minimum absolute atomic E-state index is 0.0256. The maximum absolute atomic E-state index is 14.1. The third-order valence-electron chi connectivity index (χ3n) is 3.79. The molecule has 1 aromatic rings. The van der Waals surface area contributed by atoms with Gasteiger partial charge in [0.25, 0.3) is 5.91 Å². The number of urea groups is 1. The van der Waals surface area contributed by atoms with Gasteiger partial charge in [-0.3, -0.25) is 15.4 Å². The number of methoxy groups -OCH3 is 1. The van der Waals surface area contributed by atoms with Gasteiger partial charge in [-0.1, -0.05) is 0 Å². The Hall–Kier alpha value is -2.64. The Labute approximate surface area is 118 Å². The van der Waals surface area contributed by atoms with E-state index in [2.05, 4.69) is 20.7 Å². The molecule has 3 N–H and O–H groups in total. The van der Waals surface area contributed by atoms with Crippen molar-refractivity contribution in [2.75, 3.05) is 12.4 Å². The van der Waals surface area contributed by atoms with Gasteiger partial charge in [0.05, 0.1) is 12.8 Å². The minimum Gasteiger partial charge on any atom is -0.453 e. The summed E-state index contributed by atoms with van der Waals surface area (Å²) >= 11 is 0. The molecule has 0 radical (unpaired) electrons. The molecule has 0 saturated carbocycles. The van der Waals surface area contributed by atoms with E-state index in [1.54, 1.807) is 0 Å². The molecule has 8 heteroatoms. The van der Waals surface area contributed by atoms with Gasteiger partial charge in [0.2, 0.25) is 0 Å². The van der Waals surface area contributed by atoms with Crippen molar-refractivity contribution in [1.82, 2.24) is 10.6 Å². The van der Waals surface area contributed by atoms with Gasteiger partial charge in [0.15, 0.2) is 0 Å². The van der Waals surface area contributed by atoms with Crippen LogP contribution in [-0.2, 0) is 21.5 Å². The van der Waals surface area contributed by atoms with Crippen LogP contribution in [0.5, 0.6) is 0 Å². The second kappa shape index (κ2) is 4.44. The number of hydrogen-bond acceptors (Lipinski definition) is 4. The number of carbonyl (C=O) groups is 3. The fourth-order valence-corrected chi connectivity index (χ4v) is 2.79. The SMILES string of the molecule is COC(=O)Nc1cc2c(cc1F)C1(CC2)NC(=O)NC1=O. The fraction of sp³-hybridized carbons (Fsp3) is 0.308. The quantitative estimate of drug-likeness (QED) is 0.673. The first-order valence-corrected chi connectivity index (χ1v) is 6.28. The van der Waals surface area contributed by atoms with Crippen LogP contribution in [0.3, 0.4) is 0 Å². The van der Waals surface area contributed by atoms with Gasteiger partial charge in [-0.25, -0.2) is 14.0 Å². The van der Waals surface area contributed by atoms with Crippen LogP contribution in [0.25, 0.3) is 0 Å². The molecule has 1 aliphatic heterocycles. The first-order valence-electron chi connectivity index (χ1n) is 6.28. The van der Waals surface area contributed by atoms with Gasteiger partial charge in [-0.05, 0) is 36.1 Å². The second-order valence-corrected chi connectivity index (χ2v) is 4.92. The summed E-state index contributed by atoms with van der Waals surface area (Å²) in [7, 11) is 1.17. The van der Waals surface area contributed by atoms with Crippen LogP contribution in [0.1, 0.15) is 17.5 Å². The number of fused-ring (bicyclic) bond motifs is 2. The normalized spacial score (nSPS) is 22.8. The molecule has 0 bridgehead atoms. The van der Waals surface area contributed by atoms with E-state index in [0.717, 1.165) is 0 Å². The molecule has 1 spiro atoms. The highest BCUT2D eigenvalue weighted by Gasteiger charge is 2.51. The predicted octanol–water partition coefficient (Wildman–Crippen LogP) is 0.985. The molecule has 2 aliphatic rings. The van der Waals surface area contributed by atoms with Gasteiger partial charge < -0.3 is 10.1 Å². The standard InChI is InChI=1S/C13H12FN3O4/c1-21-12(20)15-9-4-6-2-3-13(7(6)5-8(9)14)10(18)16-11(19)17-13/h4-5H,2-3H2,1H3,(H,15,20)(H2,16,17,18,19). The van der Waals surface area contributed by atoms with E-state index in [1.165, 1.54) is 19.2 Å². The van der Waals surface area contributed by atoms with E-state index in [0.29, 0.717) is 24.0 Å². The number of halogens is 1. The maximum Gasteiger partial charge on any atom is 0.411 e. The zero-order valence-corrected chi connectivity index (χ0v) is 11.1. The van der Waals surface area contributed by atoms with Crippen molar-refractivity contribution >= 4 is 23.7 Å². The lowest BCUT2D eigenvalue weighted by Crippen LogP contribution is -2.41. The smallest absolute Gasteiger partial charge is 0.411 e. The molecule has 3 rings (SSSR count). The topological polar surface area (TPSA) is 96.5 Å². The number of nitrogens with one attached hydrogen (secondary N) is 3. The minimum atomic E-state index is -1.21. The summed E-state index contributed by atoms with van der Waals surface area (Å²) in [4.78, 5) is 34.5. The molecule has 1 atom stereocenters. The zero-order valence-electron chi connectivity index (χ0n) is 11.1. The number of carbonyl (C=O) groups excluding carboxylic acids is 3. The van der Waals surface area contributed by atoms with Crippen LogP contribution in [0.4, 0.5) is 19.7 Å². The first-order chi connectivity index (χ1) is 9.96. The third-order valence-corrected chi connectivity index (χ3v) is 3.79. The van der Waals surface area contributed by atoms with Crippen molar-refractivity contribution in [3.05, 3.63) is 29.1 Å². The van der Waals surface area contributed by atoms with Gasteiger partial charge in [-0.15, -0.1) is 0 Å². The molecule has 1 aromatic carbocycles. The largest absolute Gasteiger partial charge is 0.453 e. The zero-order chi connectivity index (χ0) is 15.2. The monoisotopic (exact) mass is 293 g/mol. The summed E-state index contributed by atoms with van der Waals surface area (Å²) in [5.41, 5.74) is -0.127. The van der Waals surface area contributed by atoms with E-state index in [4.69, 9.17) is 0 Å². The van der Waals surface area contributed by atoms with Crippen molar-refractivity contribution in [1.29, 1.82) is 0 Å². The Balaban J connectivity index is 2.02. The van der Waals surface area contributed by atoms with Crippen LogP contribution in [0.15, 0.2) is 12.1 Å². The van der Waals surface area contributed by atoms with Crippen molar-refractivity contribution in [2.45, 2.75) is 18.4 Å². The maximum atomic E-state index is 14.1. The number of rotatable bonds is 1. The summed E-state index contributed by atoms with van der Waals surface area (Å²) in [6, 6.07) is 2.03. The number of amides is 4. The molecule has 21 heavy (non-hydrogen) atoms. The number of benzene rings is 1. The van der Waals surface area contributed by atoms with Crippen molar-refractivity contribution in [3.8, 4) is 0 Å². The van der Waals surface area contributed by atoms with E-state index < -0.39 is 29.4 Å². The van der Waals surface area contributed by atoms with Crippen molar-refractivity contribution in [3.63, 3.8) is 0 Å². The Kier molecular flexibility index (Phi) is 2.82. The van der Waals surface area contributed by atoms with Crippen LogP contribution in [0, 0.1) is 5.82 Å².